The van der Waals surface area contributed by atoms with Crippen LogP contribution < -0.4 is 0 Å². The predicted octanol–water partition coefficient (Wildman–Crippen LogP) is 2.29. The van der Waals surface area contributed by atoms with Gasteiger partial charge in [0.2, 0.25) is 0 Å². The number of hydrogen-bond donors (Lipinski definition) is 0. The van der Waals surface area contributed by atoms with Gasteiger partial charge in [0.05, 0.1) is 0 Å². The summed E-state index contributed by atoms with van der Waals surface area (Å²) in [5, 5.41) is 0. The van der Waals surface area contributed by atoms with Crippen LogP contribution in [0.1, 0.15) is 27.2 Å². The highest BCUT2D eigenvalue weighted by Gasteiger charge is 1.93. The SMILES string of the molecule is C/C=C(\C)CCN(C)CC. The molecule has 0 aliphatic carbocycles. The van der Waals surface area contributed by atoms with E-state index in [1.807, 2.05) is 0 Å². The van der Waals surface area contributed by atoms with Gasteiger partial charge in [-0.15, -0.1) is 0 Å². The quantitative estimate of drug-likeness (QED) is 0.543. The van der Waals surface area contributed by atoms with Crippen LogP contribution in [0.4, 0.5) is 0 Å². The van der Waals surface area contributed by atoms with E-state index in [0.29, 0.717) is 0 Å². The molecule has 0 rings (SSSR count). The summed E-state index contributed by atoms with van der Waals surface area (Å²) in [5.74, 6) is 0. The predicted molar refractivity (Wildman–Crippen MR) is 47.2 cm³/mol. The Morgan fingerprint density at radius 2 is 2.10 bits per heavy atom. The molecule has 0 aliphatic rings. The number of nitrogens with zero attached hydrogens (tertiary/aromatic N) is 1. The molecule has 60 valence electrons. The van der Waals surface area contributed by atoms with Gasteiger partial charge in [0, 0.05) is 6.54 Å². The molecule has 0 saturated heterocycles. The normalized spacial score (nSPS) is 12.7. The van der Waals surface area contributed by atoms with Crippen molar-refractivity contribution in [2.45, 2.75) is 27.2 Å². The van der Waals surface area contributed by atoms with Crippen LogP contribution in [-0.4, -0.2) is 25.0 Å². The van der Waals surface area contributed by atoms with Gasteiger partial charge >= 0.3 is 0 Å². The van der Waals surface area contributed by atoms with Gasteiger partial charge in [-0.3, -0.25) is 0 Å². The first kappa shape index (κ1) is 9.70. The van der Waals surface area contributed by atoms with Gasteiger partial charge in [-0.25, -0.2) is 0 Å². The second-order valence-corrected chi connectivity index (χ2v) is 2.78. The monoisotopic (exact) mass is 141 g/mol. The Kier molecular flexibility index (Phi) is 5.32. The number of hydrogen-bond acceptors (Lipinski definition) is 1. The summed E-state index contributed by atoms with van der Waals surface area (Å²) in [4.78, 5) is 2.33. The van der Waals surface area contributed by atoms with E-state index in [9.17, 15) is 0 Å². The highest BCUT2D eigenvalue weighted by Crippen LogP contribution is 1.99. The lowest BCUT2D eigenvalue weighted by molar-refractivity contribution is 0.357. The molecule has 0 heterocycles. The number of allylic oxidation sites excluding steroid dienone is 1. The molecule has 1 heteroatoms. The Balaban J connectivity index is 3.35. The van der Waals surface area contributed by atoms with E-state index in [2.05, 4.69) is 38.8 Å². The van der Waals surface area contributed by atoms with Crippen molar-refractivity contribution < 1.29 is 0 Å². The zero-order valence-electron chi connectivity index (χ0n) is 7.65. The van der Waals surface area contributed by atoms with Crippen molar-refractivity contribution >= 4 is 0 Å². The lowest BCUT2D eigenvalue weighted by Crippen LogP contribution is -2.18. The van der Waals surface area contributed by atoms with Gasteiger partial charge in [0.15, 0.2) is 0 Å². The van der Waals surface area contributed by atoms with E-state index in [4.69, 9.17) is 0 Å². The molecule has 0 radical (unpaired) electrons. The zero-order valence-corrected chi connectivity index (χ0v) is 7.65. The fourth-order valence-electron chi connectivity index (χ4n) is 0.670. The van der Waals surface area contributed by atoms with Gasteiger partial charge in [-0.2, -0.15) is 0 Å². The summed E-state index contributed by atoms with van der Waals surface area (Å²) in [6.45, 7) is 8.80. The fourth-order valence-corrected chi connectivity index (χ4v) is 0.670. The average molecular weight is 141 g/mol. The third-order valence-corrected chi connectivity index (χ3v) is 1.92. The molecule has 0 saturated carbocycles. The summed E-state index contributed by atoms with van der Waals surface area (Å²) >= 11 is 0. The molecule has 0 N–H and O–H groups in total. The summed E-state index contributed by atoms with van der Waals surface area (Å²) in [6.07, 6.45) is 3.39. The maximum absolute atomic E-state index is 2.33. The minimum Gasteiger partial charge on any atom is -0.306 e. The van der Waals surface area contributed by atoms with Crippen molar-refractivity contribution in [2.75, 3.05) is 20.1 Å². The molecular formula is C9H19N. The van der Waals surface area contributed by atoms with Gasteiger partial charge in [-0.05, 0) is 33.9 Å². The van der Waals surface area contributed by atoms with Gasteiger partial charge < -0.3 is 4.90 Å². The second-order valence-electron chi connectivity index (χ2n) is 2.78. The third-order valence-electron chi connectivity index (χ3n) is 1.92. The van der Waals surface area contributed by atoms with Crippen LogP contribution in [0.25, 0.3) is 0 Å². The Morgan fingerprint density at radius 1 is 1.50 bits per heavy atom. The van der Waals surface area contributed by atoms with Crippen molar-refractivity contribution in [1.82, 2.24) is 4.90 Å². The first-order valence-electron chi connectivity index (χ1n) is 4.01. The highest BCUT2D eigenvalue weighted by molar-refractivity contribution is 4.95. The summed E-state index contributed by atoms with van der Waals surface area (Å²) in [7, 11) is 2.16. The molecule has 10 heavy (non-hydrogen) atoms. The third kappa shape index (κ3) is 4.57. The van der Waals surface area contributed by atoms with Crippen molar-refractivity contribution in [1.29, 1.82) is 0 Å². The molecule has 0 atom stereocenters. The molecule has 0 spiro atoms. The molecule has 0 aromatic carbocycles. The van der Waals surface area contributed by atoms with E-state index in [1.165, 1.54) is 18.5 Å². The maximum Gasteiger partial charge on any atom is 0.00153 e. The lowest BCUT2D eigenvalue weighted by atomic mass is 10.2. The lowest BCUT2D eigenvalue weighted by Gasteiger charge is -2.12. The molecule has 0 aliphatic heterocycles. The minimum atomic E-state index is 1.15. The summed E-state index contributed by atoms with van der Waals surface area (Å²) in [5.41, 5.74) is 1.49. The average Bonchev–Trinajstić information content (AvgIpc) is 1.99. The van der Waals surface area contributed by atoms with Gasteiger partial charge in [0.1, 0.15) is 0 Å². The van der Waals surface area contributed by atoms with Crippen LogP contribution in [0.5, 0.6) is 0 Å². The van der Waals surface area contributed by atoms with E-state index in [1.54, 1.807) is 0 Å². The molecule has 0 aromatic rings. The van der Waals surface area contributed by atoms with Gasteiger partial charge in [-0.1, -0.05) is 18.6 Å². The van der Waals surface area contributed by atoms with E-state index in [0.717, 1.165) is 6.54 Å². The van der Waals surface area contributed by atoms with E-state index in [-0.39, 0.29) is 0 Å². The first-order valence-corrected chi connectivity index (χ1v) is 4.01. The van der Waals surface area contributed by atoms with Crippen molar-refractivity contribution in [3.8, 4) is 0 Å². The Labute approximate surface area is 64.7 Å². The fraction of sp³-hybridized carbons (Fsp3) is 0.778. The standard InChI is InChI=1S/C9H19N/c1-5-9(3)7-8-10(4)6-2/h5H,6-8H2,1-4H3/b9-5+. The van der Waals surface area contributed by atoms with Crippen molar-refractivity contribution in [3.63, 3.8) is 0 Å². The molecular weight excluding hydrogens is 122 g/mol. The van der Waals surface area contributed by atoms with Crippen LogP contribution in [0.3, 0.4) is 0 Å². The smallest absolute Gasteiger partial charge is 0.00153 e. The highest BCUT2D eigenvalue weighted by atomic mass is 15.1. The van der Waals surface area contributed by atoms with Crippen LogP contribution >= 0.6 is 0 Å². The van der Waals surface area contributed by atoms with Crippen molar-refractivity contribution in [3.05, 3.63) is 11.6 Å². The first-order chi connectivity index (χ1) is 4.70. The topological polar surface area (TPSA) is 3.24 Å². The maximum atomic E-state index is 2.33. The summed E-state index contributed by atoms with van der Waals surface area (Å²) < 4.78 is 0. The zero-order chi connectivity index (χ0) is 7.98. The van der Waals surface area contributed by atoms with Gasteiger partial charge in [0.25, 0.3) is 0 Å². The van der Waals surface area contributed by atoms with Crippen LogP contribution in [-0.2, 0) is 0 Å². The number of rotatable bonds is 4. The molecule has 0 bridgehead atoms. The molecule has 0 fully saturated rings. The van der Waals surface area contributed by atoms with Crippen molar-refractivity contribution in [2.24, 2.45) is 0 Å². The molecule has 0 aromatic heterocycles. The van der Waals surface area contributed by atoms with E-state index < -0.39 is 0 Å². The Hall–Kier alpha value is -0.300. The second kappa shape index (κ2) is 5.48. The van der Waals surface area contributed by atoms with E-state index >= 15 is 0 Å². The van der Waals surface area contributed by atoms with Crippen LogP contribution in [0.2, 0.25) is 0 Å². The molecule has 0 unspecified atom stereocenters. The molecule has 0 amide bonds. The largest absolute Gasteiger partial charge is 0.306 e. The minimum absolute atomic E-state index is 1.15. The van der Waals surface area contributed by atoms with Crippen LogP contribution in [0.15, 0.2) is 11.6 Å². The Bertz CT molecular complexity index is 105. The van der Waals surface area contributed by atoms with Crippen LogP contribution in [0, 0.1) is 0 Å². The molecule has 1 nitrogen and oxygen atoms in total. The Morgan fingerprint density at radius 3 is 2.50 bits per heavy atom. The summed E-state index contributed by atoms with van der Waals surface area (Å²) in [6, 6.07) is 0.